The van der Waals surface area contributed by atoms with Crippen molar-refractivity contribution in [3.63, 3.8) is 0 Å². The Morgan fingerprint density at radius 2 is 1.62 bits per heavy atom. The van der Waals surface area contributed by atoms with Gasteiger partial charge in [0.25, 0.3) is 5.91 Å². The van der Waals surface area contributed by atoms with Gasteiger partial charge in [0.1, 0.15) is 24.3 Å². The molecule has 9 nitrogen and oxygen atoms in total. The summed E-state index contributed by atoms with van der Waals surface area (Å²) in [4.78, 5) is 43.2. The number of rotatable bonds is 11. The molecule has 0 saturated carbocycles. The number of aromatic nitrogens is 1. The summed E-state index contributed by atoms with van der Waals surface area (Å²) in [5.74, 6) is -2.05. The lowest BCUT2D eigenvalue weighted by molar-refractivity contribution is -0.139. The highest BCUT2D eigenvalue weighted by Gasteiger charge is 2.34. The maximum Gasteiger partial charge on any atom is 0.416 e. The number of halogens is 3. The Hall–Kier alpha value is -5.91. The Bertz CT molecular complexity index is 1870. The van der Waals surface area contributed by atoms with Gasteiger partial charge in [-0.2, -0.15) is 13.2 Å². The largest absolute Gasteiger partial charge is 0.497 e. The summed E-state index contributed by atoms with van der Waals surface area (Å²) in [5, 5.41) is 12.0. The Morgan fingerprint density at radius 1 is 0.915 bits per heavy atom. The van der Waals surface area contributed by atoms with Gasteiger partial charge in [0.2, 0.25) is 11.8 Å². The number of ether oxygens (including phenoxy) is 1. The predicted octanol–water partition coefficient (Wildman–Crippen LogP) is 6.94. The first-order valence-electron chi connectivity index (χ1n) is 14.3. The van der Waals surface area contributed by atoms with E-state index in [-0.39, 0.29) is 29.1 Å². The van der Waals surface area contributed by atoms with E-state index >= 15 is 0 Å². The SMILES string of the molecule is COc1ccc(CC(=O)Nc2ccc(C(=O)N(CC(=O)O)Cc3ccc(-c4nc(-c5ccccc5)co4)cc3)cc2)c(C(F)(F)F)c1. The molecular weight excluding hydrogens is 615 g/mol. The average molecular weight is 644 g/mol. The number of hydrogen-bond acceptors (Lipinski definition) is 6. The van der Waals surface area contributed by atoms with Gasteiger partial charge in [-0.05, 0) is 59.7 Å². The van der Waals surface area contributed by atoms with Gasteiger partial charge in [-0.25, -0.2) is 4.98 Å². The summed E-state index contributed by atoms with van der Waals surface area (Å²) in [5.41, 5.74) is 2.16. The quantitative estimate of drug-likeness (QED) is 0.160. The normalized spacial score (nSPS) is 11.1. The Labute approximate surface area is 267 Å². The third kappa shape index (κ3) is 8.23. The Balaban J connectivity index is 1.24. The lowest BCUT2D eigenvalue weighted by Gasteiger charge is -2.21. The molecule has 47 heavy (non-hydrogen) atoms. The first-order valence-corrected chi connectivity index (χ1v) is 14.3. The number of benzene rings is 4. The maximum absolute atomic E-state index is 13.5. The number of amides is 2. The van der Waals surface area contributed by atoms with Crippen LogP contribution in [0.4, 0.5) is 18.9 Å². The van der Waals surface area contributed by atoms with Gasteiger partial charge in [0.05, 0.1) is 19.1 Å². The number of carboxylic acids is 1. The van der Waals surface area contributed by atoms with Gasteiger partial charge in [0.15, 0.2) is 0 Å². The standard InChI is InChI=1S/C35H28F3N3O6/c1-46-28-16-13-26(29(18-28)35(36,37)38)17-31(42)39-27-14-11-25(12-15-27)34(45)41(20-32(43)44)19-22-7-9-24(10-8-22)33-40-30(21-47-33)23-5-3-2-4-6-23/h2-16,18,21H,17,19-20H2,1H3,(H,39,42)(H,43,44). The van der Waals surface area contributed by atoms with Gasteiger partial charge in [-0.3, -0.25) is 14.4 Å². The van der Waals surface area contributed by atoms with Gasteiger partial charge in [-0.15, -0.1) is 0 Å². The van der Waals surface area contributed by atoms with Crippen LogP contribution >= 0.6 is 0 Å². The van der Waals surface area contributed by atoms with Crippen molar-refractivity contribution in [1.82, 2.24) is 9.88 Å². The zero-order valence-corrected chi connectivity index (χ0v) is 25.0. The van der Waals surface area contributed by atoms with Gasteiger partial charge in [0, 0.05) is 28.9 Å². The van der Waals surface area contributed by atoms with Crippen LogP contribution < -0.4 is 10.1 Å². The van der Waals surface area contributed by atoms with Crippen LogP contribution in [0, 0.1) is 0 Å². The maximum atomic E-state index is 13.5. The molecule has 0 unspecified atom stereocenters. The Morgan fingerprint density at radius 3 is 2.26 bits per heavy atom. The minimum absolute atomic E-state index is 0.00580. The van der Waals surface area contributed by atoms with Crippen LogP contribution in [0.25, 0.3) is 22.7 Å². The summed E-state index contributed by atoms with van der Waals surface area (Å²) in [6, 6.07) is 25.6. The van der Waals surface area contributed by atoms with Crippen LogP contribution in [0.3, 0.4) is 0 Å². The van der Waals surface area contributed by atoms with Gasteiger partial charge in [-0.1, -0.05) is 48.5 Å². The van der Waals surface area contributed by atoms with E-state index < -0.39 is 42.5 Å². The van der Waals surface area contributed by atoms with Crippen molar-refractivity contribution in [1.29, 1.82) is 0 Å². The molecule has 0 aliphatic rings. The van der Waals surface area contributed by atoms with Crippen molar-refractivity contribution in [2.45, 2.75) is 19.1 Å². The smallest absolute Gasteiger partial charge is 0.416 e. The van der Waals surface area contributed by atoms with Crippen molar-refractivity contribution < 1.29 is 41.8 Å². The molecule has 0 bridgehead atoms. The van der Waals surface area contributed by atoms with Crippen LogP contribution in [0.5, 0.6) is 5.75 Å². The van der Waals surface area contributed by atoms with E-state index in [1.807, 2.05) is 30.3 Å². The number of hydrogen-bond donors (Lipinski definition) is 2. The number of aliphatic carboxylic acids is 1. The molecule has 5 aromatic rings. The molecule has 1 aromatic heterocycles. The molecule has 240 valence electrons. The fraction of sp³-hybridized carbons (Fsp3) is 0.143. The number of carboxylic acid groups (broad SMARTS) is 1. The third-order valence-electron chi connectivity index (χ3n) is 7.15. The van der Waals surface area contributed by atoms with Gasteiger partial charge >= 0.3 is 12.1 Å². The minimum atomic E-state index is -4.68. The topological polar surface area (TPSA) is 122 Å². The number of oxazole rings is 1. The van der Waals surface area contributed by atoms with E-state index in [9.17, 15) is 32.7 Å². The van der Waals surface area contributed by atoms with E-state index in [0.29, 0.717) is 22.7 Å². The van der Waals surface area contributed by atoms with Crippen LogP contribution in [0.15, 0.2) is 108 Å². The van der Waals surface area contributed by atoms with Crippen LogP contribution in [0.1, 0.15) is 27.0 Å². The molecule has 0 fully saturated rings. The van der Waals surface area contributed by atoms with E-state index in [1.165, 1.54) is 43.5 Å². The highest BCUT2D eigenvalue weighted by molar-refractivity contribution is 5.97. The first kappa shape index (κ1) is 32.5. The van der Waals surface area contributed by atoms with Gasteiger partial charge < -0.3 is 24.5 Å². The lowest BCUT2D eigenvalue weighted by atomic mass is 10.0. The number of methoxy groups -OCH3 is 1. The summed E-state index contributed by atoms with van der Waals surface area (Å²) >= 11 is 0. The van der Waals surface area contributed by atoms with Crippen molar-refractivity contribution >= 4 is 23.5 Å². The zero-order valence-electron chi connectivity index (χ0n) is 25.0. The van der Waals surface area contributed by atoms with Crippen LogP contribution in [-0.4, -0.2) is 46.4 Å². The highest BCUT2D eigenvalue weighted by atomic mass is 19.4. The number of nitrogens with one attached hydrogen (secondary N) is 1. The molecule has 12 heteroatoms. The molecule has 0 radical (unpaired) electrons. The molecule has 1 heterocycles. The third-order valence-corrected chi connectivity index (χ3v) is 7.15. The second-order valence-electron chi connectivity index (χ2n) is 10.5. The summed E-state index contributed by atoms with van der Waals surface area (Å²) in [6.45, 7) is -0.573. The summed E-state index contributed by atoms with van der Waals surface area (Å²) in [6.07, 6.45) is -3.67. The predicted molar refractivity (Wildman–Crippen MR) is 167 cm³/mol. The molecule has 0 spiro atoms. The van der Waals surface area contributed by atoms with Crippen molar-refractivity contribution in [3.8, 4) is 28.5 Å². The van der Waals surface area contributed by atoms with E-state index in [1.54, 1.807) is 30.5 Å². The number of anilines is 1. The molecule has 0 aliphatic carbocycles. The fourth-order valence-electron chi connectivity index (χ4n) is 4.84. The Kier molecular flexibility index (Phi) is 9.69. The summed E-state index contributed by atoms with van der Waals surface area (Å²) in [7, 11) is 1.25. The number of nitrogens with zero attached hydrogens (tertiary/aromatic N) is 2. The second kappa shape index (κ2) is 14.0. The van der Waals surface area contributed by atoms with E-state index in [0.717, 1.165) is 16.5 Å². The molecular formula is C35H28F3N3O6. The van der Waals surface area contributed by atoms with E-state index in [2.05, 4.69) is 10.3 Å². The first-order chi connectivity index (χ1) is 22.5. The van der Waals surface area contributed by atoms with Crippen molar-refractivity contribution in [2.24, 2.45) is 0 Å². The van der Waals surface area contributed by atoms with Crippen LogP contribution in [-0.2, 0) is 28.7 Å². The van der Waals surface area contributed by atoms with Crippen molar-refractivity contribution in [2.75, 3.05) is 19.0 Å². The highest BCUT2D eigenvalue weighted by Crippen LogP contribution is 2.35. The minimum Gasteiger partial charge on any atom is -0.497 e. The van der Waals surface area contributed by atoms with E-state index in [4.69, 9.17) is 9.15 Å². The lowest BCUT2D eigenvalue weighted by Crippen LogP contribution is -2.35. The molecule has 4 aromatic carbocycles. The summed E-state index contributed by atoms with van der Waals surface area (Å²) < 4.78 is 51.1. The number of carbonyl (C=O) groups excluding carboxylic acids is 2. The molecule has 2 N–H and O–H groups in total. The monoisotopic (exact) mass is 643 g/mol. The molecule has 0 saturated heterocycles. The average Bonchev–Trinajstić information content (AvgIpc) is 3.55. The number of carbonyl (C=O) groups is 3. The molecule has 0 aliphatic heterocycles. The molecule has 0 atom stereocenters. The second-order valence-corrected chi connectivity index (χ2v) is 10.5. The molecule has 2 amide bonds. The molecule has 5 rings (SSSR count). The zero-order chi connectivity index (χ0) is 33.6. The van der Waals surface area contributed by atoms with Crippen LogP contribution in [0.2, 0.25) is 0 Å². The van der Waals surface area contributed by atoms with Crippen molar-refractivity contribution in [3.05, 3.63) is 126 Å². The fourth-order valence-corrected chi connectivity index (χ4v) is 4.84. The number of alkyl halides is 3.